The molecule has 2 rings (SSSR count). The predicted octanol–water partition coefficient (Wildman–Crippen LogP) is 1.85. The van der Waals surface area contributed by atoms with Crippen molar-refractivity contribution in [2.45, 2.75) is 6.54 Å². The van der Waals surface area contributed by atoms with E-state index in [4.69, 9.17) is 5.11 Å². The summed E-state index contributed by atoms with van der Waals surface area (Å²) in [5.74, 6) is -2.25. The average Bonchev–Trinajstić information content (AvgIpc) is 2.45. The predicted molar refractivity (Wildman–Crippen MR) is 68.8 cm³/mol. The summed E-state index contributed by atoms with van der Waals surface area (Å²) in [6.07, 6.45) is 1.34. The molecule has 0 saturated carbocycles. The van der Waals surface area contributed by atoms with Gasteiger partial charge >= 0.3 is 5.97 Å². The number of halogens is 1. The van der Waals surface area contributed by atoms with Crippen molar-refractivity contribution >= 4 is 11.9 Å². The molecule has 0 saturated heterocycles. The minimum absolute atomic E-state index is 0.0895. The number of hydrogen-bond acceptors (Lipinski definition) is 3. The quantitative estimate of drug-likeness (QED) is 0.891. The maximum Gasteiger partial charge on any atom is 0.338 e. The second-order valence-corrected chi connectivity index (χ2v) is 4.02. The van der Waals surface area contributed by atoms with Crippen molar-refractivity contribution in [2.24, 2.45) is 0 Å². The topological polar surface area (TPSA) is 79.3 Å². The number of carboxylic acid groups (broad SMARTS) is 1. The molecule has 2 N–H and O–H groups in total. The Labute approximate surface area is 114 Å². The first-order chi connectivity index (χ1) is 9.58. The molecule has 1 aromatic carbocycles. The largest absolute Gasteiger partial charge is 0.478 e. The average molecular weight is 274 g/mol. The summed E-state index contributed by atoms with van der Waals surface area (Å²) in [6.45, 7) is 0.0895. The van der Waals surface area contributed by atoms with Crippen LogP contribution in [0.15, 0.2) is 42.6 Å². The van der Waals surface area contributed by atoms with Crippen LogP contribution in [0.1, 0.15) is 26.4 Å². The monoisotopic (exact) mass is 274 g/mol. The fourth-order valence-electron chi connectivity index (χ4n) is 1.67. The van der Waals surface area contributed by atoms with Gasteiger partial charge in [-0.1, -0.05) is 12.1 Å². The molecule has 0 radical (unpaired) electrons. The lowest BCUT2D eigenvalue weighted by Crippen LogP contribution is -2.26. The van der Waals surface area contributed by atoms with Crippen LogP contribution in [0.4, 0.5) is 4.39 Å². The number of benzene rings is 1. The number of hydrogen-bond donors (Lipinski definition) is 2. The number of rotatable bonds is 4. The molecular weight excluding hydrogens is 263 g/mol. The number of aromatic nitrogens is 1. The molecule has 1 amide bonds. The van der Waals surface area contributed by atoms with Gasteiger partial charge in [-0.3, -0.25) is 9.78 Å². The van der Waals surface area contributed by atoms with Crippen molar-refractivity contribution in [3.05, 3.63) is 65.2 Å². The zero-order chi connectivity index (χ0) is 14.5. The number of nitrogens with zero attached hydrogens (tertiary/aromatic N) is 1. The molecule has 0 fully saturated rings. The van der Waals surface area contributed by atoms with Gasteiger partial charge in [-0.2, -0.15) is 0 Å². The second kappa shape index (κ2) is 5.92. The SMILES string of the molecule is O=C(O)c1cccnc1C(=O)NCc1cccc(F)c1. The van der Waals surface area contributed by atoms with E-state index in [1.807, 2.05) is 0 Å². The summed E-state index contributed by atoms with van der Waals surface area (Å²) in [4.78, 5) is 26.6. The molecule has 20 heavy (non-hydrogen) atoms. The summed E-state index contributed by atoms with van der Waals surface area (Å²) in [5, 5.41) is 11.5. The van der Waals surface area contributed by atoms with Crippen molar-refractivity contribution in [3.8, 4) is 0 Å². The standard InChI is InChI=1S/C14H11FN2O3/c15-10-4-1-3-9(7-10)8-17-13(18)12-11(14(19)20)5-2-6-16-12/h1-7H,8H2,(H,17,18)(H,19,20). The van der Waals surface area contributed by atoms with Crippen molar-refractivity contribution < 1.29 is 19.1 Å². The van der Waals surface area contributed by atoms with E-state index in [-0.39, 0.29) is 17.8 Å². The van der Waals surface area contributed by atoms with Crippen molar-refractivity contribution in [3.63, 3.8) is 0 Å². The maximum atomic E-state index is 13.0. The highest BCUT2D eigenvalue weighted by Crippen LogP contribution is 2.07. The fraction of sp³-hybridized carbons (Fsp3) is 0.0714. The van der Waals surface area contributed by atoms with Crippen LogP contribution in [0.5, 0.6) is 0 Å². The Bertz CT molecular complexity index is 658. The summed E-state index contributed by atoms with van der Waals surface area (Å²) >= 11 is 0. The number of pyridine rings is 1. The highest BCUT2D eigenvalue weighted by molar-refractivity contribution is 6.03. The maximum absolute atomic E-state index is 13.0. The Morgan fingerprint density at radius 1 is 1.25 bits per heavy atom. The van der Waals surface area contributed by atoms with E-state index in [0.717, 1.165) is 0 Å². The van der Waals surface area contributed by atoms with Crippen LogP contribution < -0.4 is 5.32 Å². The van der Waals surface area contributed by atoms with Gasteiger partial charge in [-0.25, -0.2) is 9.18 Å². The Kier molecular flexibility index (Phi) is 4.05. The minimum Gasteiger partial charge on any atom is -0.478 e. The molecule has 0 atom stereocenters. The molecule has 0 aliphatic rings. The Hall–Kier alpha value is -2.76. The van der Waals surface area contributed by atoms with E-state index >= 15 is 0 Å². The van der Waals surface area contributed by atoms with Crippen LogP contribution >= 0.6 is 0 Å². The van der Waals surface area contributed by atoms with Crippen LogP contribution in [0.25, 0.3) is 0 Å². The zero-order valence-corrected chi connectivity index (χ0v) is 10.3. The van der Waals surface area contributed by atoms with E-state index in [1.165, 1.54) is 36.5 Å². The van der Waals surface area contributed by atoms with E-state index in [1.54, 1.807) is 6.07 Å². The molecular formula is C14H11FN2O3. The first kappa shape index (κ1) is 13.7. The minimum atomic E-state index is -1.23. The second-order valence-electron chi connectivity index (χ2n) is 4.02. The van der Waals surface area contributed by atoms with E-state index in [9.17, 15) is 14.0 Å². The smallest absolute Gasteiger partial charge is 0.338 e. The van der Waals surface area contributed by atoms with E-state index in [2.05, 4.69) is 10.3 Å². The van der Waals surface area contributed by atoms with Crippen LogP contribution in [-0.4, -0.2) is 22.0 Å². The fourth-order valence-corrected chi connectivity index (χ4v) is 1.67. The van der Waals surface area contributed by atoms with Crippen molar-refractivity contribution in [2.75, 3.05) is 0 Å². The van der Waals surface area contributed by atoms with Gasteiger partial charge in [0, 0.05) is 12.7 Å². The Morgan fingerprint density at radius 2 is 2.05 bits per heavy atom. The molecule has 2 aromatic rings. The third-order valence-corrected chi connectivity index (χ3v) is 2.60. The summed E-state index contributed by atoms with van der Waals surface area (Å²) in [6, 6.07) is 8.50. The summed E-state index contributed by atoms with van der Waals surface area (Å²) in [5.41, 5.74) is 0.229. The van der Waals surface area contributed by atoms with Gasteiger partial charge in [0.05, 0.1) is 5.56 Å². The Balaban J connectivity index is 2.11. The van der Waals surface area contributed by atoms with Gasteiger partial charge in [0.15, 0.2) is 0 Å². The van der Waals surface area contributed by atoms with Crippen LogP contribution in [-0.2, 0) is 6.54 Å². The van der Waals surface area contributed by atoms with Crippen molar-refractivity contribution in [1.82, 2.24) is 10.3 Å². The third kappa shape index (κ3) is 3.17. The van der Waals surface area contributed by atoms with Gasteiger partial charge in [0.25, 0.3) is 5.91 Å². The molecule has 5 nitrogen and oxygen atoms in total. The molecule has 6 heteroatoms. The molecule has 0 aliphatic carbocycles. The number of carboxylic acids is 1. The molecule has 0 unspecified atom stereocenters. The number of aromatic carboxylic acids is 1. The lowest BCUT2D eigenvalue weighted by atomic mass is 10.1. The van der Waals surface area contributed by atoms with Gasteiger partial charge in [-0.15, -0.1) is 0 Å². The molecule has 0 spiro atoms. The molecule has 1 heterocycles. The first-order valence-corrected chi connectivity index (χ1v) is 5.79. The highest BCUT2D eigenvalue weighted by atomic mass is 19.1. The molecule has 0 aliphatic heterocycles. The summed E-state index contributed by atoms with van der Waals surface area (Å²) in [7, 11) is 0. The van der Waals surface area contributed by atoms with Crippen LogP contribution in [0.2, 0.25) is 0 Å². The summed E-state index contributed by atoms with van der Waals surface area (Å²) < 4.78 is 13.0. The first-order valence-electron chi connectivity index (χ1n) is 5.79. The third-order valence-electron chi connectivity index (χ3n) is 2.60. The van der Waals surface area contributed by atoms with Gasteiger partial charge in [0.2, 0.25) is 0 Å². The number of nitrogens with one attached hydrogen (secondary N) is 1. The Morgan fingerprint density at radius 3 is 2.75 bits per heavy atom. The zero-order valence-electron chi connectivity index (χ0n) is 10.3. The van der Waals surface area contributed by atoms with Crippen LogP contribution in [0.3, 0.4) is 0 Å². The number of carbonyl (C=O) groups excluding carboxylic acids is 1. The van der Waals surface area contributed by atoms with E-state index in [0.29, 0.717) is 5.56 Å². The highest BCUT2D eigenvalue weighted by Gasteiger charge is 2.17. The van der Waals surface area contributed by atoms with Gasteiger partial charge in [-0.05, 0) is 29.8 Å². The normalized spacial score (nSPS) is 10.1. The lowest BCUT2D eigenvalue weighted by Gasteiger charge is -2.07. The van der Waals surface area contributed by atoms with Gasteiger partial charge in [0.1, 0.15) is 11.5 Å². The number of amides is 1. The molecule has 1 aromatic heterocycles. The van der Waals surface area contributed by atoms with E-state index < -0.39 is 17.7 Å². The van der Waals surface area contributed by atoms with Crippen LogP contribution in [0, 0.1) is 5.82 Å². The molecule has 0 bridgehead atoms. The lowest BCUT2D eigenvalue weighted by molar-refractivity contribution is 0.0690. The van der Waals surface area contributed by atoms with Gasteiger partial charge < -0.3 is 10.4 Å². The van der Waals surface area contributed by atoms with Crippen molar-refractivity contribution in [1.29, 1.82) is 0 Å². The molecule has 102 valence electrons. The number of carbonyl (C=O) groups is 2.